The van der Waals surface area contributed by atoms with Gasteiger partial charge in [-0.25, -0.2) is 14.2 Å². The molecule has 2 aliphatic rings. The van der Waals surface area contributed by atoms with E-state index in [9.17, 15) is 4.79 Å². The van der Waals surface area contributed by atoms with E-state index in [1.54, 1.807) is 27.7 Å². The van der Waals surface area contributed by atoms with Crippen molar-refractivity contribution in [1.29, 1.82) is 0 Å². The van der Waals surface area contributed by atoms with Crippen molar-refractivity contribution in [3.8, 4) is 0 Å². The van der Waals surface area contributed by atoms with Gasteiger partial charge in [0.2, 0.25) is 0 Å². The number of imidazole rings is 1. The van der Waals surface area contributed by atoms with E-state index >= 15 is 0 Å². The van der Waals surface area contributed by atoms with E-state index in [1.807, 2.05) is 12.1 Å². The van der Waals surface area contributed by atoms with E-state index in [1.165, 1.54) is 0 Å². The zero-order valence-electron chi connectivity index (χ0n) is 13.6. The molecular formula is C17H18N6O2. The molecule has 8 nitrogen and oxygen atoms in total. The molecule has 3 aromatic rings. The minimum atomic E-state index is -0.140. The second kappa shape index (κ2) is 5.66. The van der Waals surface area contributed by atoms with Crippen LogP contribution in [0.25, 0.3) is 5.65 Å². The zero-order valence-corrected chi connectivity index (χ0v) is 13.6. The van der Waals surface area contributed by atoms with Crippen LogP contribution in [0, 0.1) is 0 Å². The van der Waals surface area contributed by atoms with Gasteiger partial charge in [-0.05, 0) is 37.0 Å². The van der Waals surface area contributed by atoms with Crippen LogP contribution in [0.2, 0.25) is 0 Å². The fourth-order valence-corrected chi connectivity index (χ4v) is 3.66. The molecular weight excluding hydrogens is 320 g/mol. The van der Waals surface area contributed by atoms with Crippen molar-refractivity contribution < 1.29 is 4.74 Å². The number of hydrogen-bond donors (Lipinski definition) is 1. The van der Waals surface area contributed by atoms with E-state index in [4.69, 9.17) is 4.74 Å². The van der Waals surface area contributed by atoms with Crippen LogP contribution in [0.1, 0.15) is 23.7 Å². The highest BCUT2D eigenvalue weighted by Gasteiger charge is 2.32. The number of aromatic nitrogens is 5. The van der Waals surface area contributed by atoms with Gasteiger partial charge in [0, 0.05) is 18.5 Å². The predicted octanol–water partition coefficient (Wildman–Crippen LogP) is 0.827. The van der Waals surface area contributed by atoms with Crippen LogP contribution in [-0.2, 0) is 17.6 Å². The van der Waals surface area contributed by atoms with Crippen molar-refractivity contribution in [2.24, 2.45) is 0 Å². The molecule has 0 amide bonds. The largest absolute Gasteiger partial charge is 0.377 e. The Balaban J connectivity index is 1.45. The van der Waals surface area contributed by atoms with Crippen LogP contribution < -0.4 is 10.9 Å². The number of ether oxygens (including phenoxy) is 1. The standard InChI is InChI=1S/C17H18N6O2/c24-17-8-11-2-1-3-12(11)20-23(17)14-10-25-9-13(14)19-15-4-5-16-18-6-7-22(16)21-15/h4-8,13-14H,1-3,9-10H2,(H,19,21). The molecule has 1 aliphatic carbocycles. The van der Waals surface area contributed by atoms with Crippen molar-refractivity contribution in [3.63, 3.8) is 0 Å². The highest BCUT2D eigenvalue weighted by atomic mass is 16.5. The van der Waals surface area contributed by atoms with Gasteiger partial charge >= 0.3 is 0 Å². The molecule has 0 spiro atoms. The maximum absolute atomic E-state index is 12.5. The fraction of sp³-hybridized carbons (Fsp3) is 0.412. The number of aryl methyl sites for hydroxylation is 2. The van der Waals surface area contributed by atoms with E-state index < -0.39 is 0 Å². The molecule has 8 heteroatoms. The fourth-order valence-electron chi connectivity index (χ4n) is 3.66. The maximum Gasteiger partial charge on any atom is 0.267 e. The molecule has 1 saturated heterocycles. The Hall–Kier alpha value is -2.74. The number of fused-ring (bicyclic) bond motifs is 2. The van der Waals surface area contributed by atoms with Gasteiger partial charge in [0.1, 0.15) is 11.9 Å². The van der Waals surface area contributed by atoms with Crippen molar-refractivity contribution in [1.82, 2.24) is 24.4 Å². The first-order valence-electron chi connectivity index (χ1n) is 8.54. The summed E-state index contributed by atoms with van der Waals surface area (Å²) in [6.45, 7) is 0.982. The normalized spacial score (nSPS) is 22.4. The van der Waals surface area contributed by atoms with Crippen LogP contribution in [0.3, 0.4) is 0 Å². The molecule has 2 unspecified atom stereocenters. The summed E-state index contributed by atoms with van der Waals surface area (Å²) in [6.07, 6.45) is 6.48. The summed E-state index contributed by atoms with van der Waals surface area (Å²) in [5.41, 5.74) is 2.88. The lowest BCUT2D eigenvalue weighted by Gasteiger charge is -2.21. The Morgan fingerprint density at radius 1 is 1.20 bits per heavy atom. The third kappa shape index (κ3) is 2.49. The van der Waals surface area contributed by atoms with Crippen LogP contribution in [0.15, 0.2) is 35.4 Å². The molecule has 4 heterocycles. The van der Waals surface area contributed by atoms with Gasteiger partial charge in [-0.2, -0.15) is 5.10 Å². The first-order chi connectivity index (χ1) is 12.3. The van der Waals surface area contributed by atoms with Crippen molar-refractivity contribution in [2.45, 2.75) is 31.3 Å². The van der Waals surface area contributed by atoms with Gasteiger partial charge in [-0.3, -0.25) is 4.79 Å². The molecule has 0 saturated carbocycles. The summed E-state index contributed by atoms with van der Waals surface area (Å²) < 4.78 is 8.94. The lowest BCUT2D eigenvalue weighted by atomic mass is 10.1. The predicted molar refractivity (Wildman–Crippen MR) is 90.8 cm³/mol. The number of rotatable bonds is 3. The summed E-state index contributed by atoms with van der Waals surface area (Å²) in [5, 5.41) is 12.5. The molecule has 1 fully saturated rings. The maximum atomic E-state index is 12.5. The lowest BCUT2D eigenvalue weighted by Crippen LogP contribution is -2.38. The highest BCUT2D eigenvalue weighted by molar-refractivity contribution is 5.44. The Morgan fingerprint density at radius 2 is 2.16 bits per heavy atom. The third-order valence-electron chi connectivity index (χ3n) is 4.94. The Bertz CT molecular complexity index is 994. The molecule has 128 valence electrons. The molecule has 1 aliphatic heterocycles. The van der Waals surface area contributed by atoms with Gasteiger partial charge < -0.3 is 10.1 Å². The average Bonchev–Trinajstić information content (AvgIpc) is 3.33. The number of anilines is 1. The van der Waals surface area contributed by atoms with Crippen LogP contribution in [0.5, 0.6) is 0 Å². The zero-order chi connectivity index (χ0) is 16.8. The van der Waals surface area contributed by atoms with Gasteiger partial charge in [-0.1, -0.05) is 0 Å². The topological polar surface area (TPSA) is 86.3 Å². The van der Waals surface area contributed by atoms with Gasteiger partial charge in [-0.15, -0.1) is 5.10 Å². The minimum absolute atomic E-state index is 0.0547. The summed E-state index contributed by atoms with van der Waals surface area (Å²) >= 11 is 0. The van der Waals surface area contributed by atoms with Crippen molar-refractivity contribution in [3.05, 3.63) is 52.2 Å². The Morgan fingerprint density at radius 3 is 3.12 bits per heavy atom. The second-order valence-electron chi connectivity index (χ2n) is 6.56. The smallest absolute Gasteiger partial charge is 0.267 e. The number of hydrogen-bond acceptors (Lipinski definition) is 6. The summed E-state index contributed by atoms with van der Waals surface area (Å²) in [7, 11) is 0. The third-order valence-corrected chi connectivity index (χ3v) is 4.94. The van der Waals surface area contributed by atoms with Crippen LogP contribution in [0.4, 0.5) is 5.82 Å². The van der Waals surface area contributed by atoms with E-state index in [0.29, 0.717) is 13.2 Å². The van der Waals surface area contributed by atoms with Crippen LogP contribution >= 0.6 is 0 Å². The monoisotopic (exact) mass is 338 g/mol. The van der Waals surface area contributed by atoms with Crippen LogP contribution in [-0.4, -0.2) is 43.6 Å². The second-order valence-corrected chi connectivity index (χ2v) is 6.56. The number of nitrogens with one attached hydrogen (secondary N) is 1. The molecule has 3 aromatic heterocycles. The lowest BCUT2D eigenvalue weighted by molar-refractivity contribution is 0.182. The molecule has 25 heavy (non-hydrogen) atoms. The van der Waals surface area contributed by atoms with Gasteiger partial charge in [0.15, 0.2) is 5.65 Å². The molecule has 1 N–H and O–H groups in total. The average molecular weight is 338 g/mol. The summed E-state index contributed by atoms with van der Waals surface area (Å²) in [5.74, 6) is 0.722. The van der Waals surface area contributed by atoms with E-state index in [2.05, 4.69) is 20.5 Å². The van der Waals surface area contributed by atoms with Gasteiger partial charge in [0.25, 0.3) is 5.56 Å². The van der Waals surface area contributed by atoms with Crippen molar-refractivity contribution >= 4 is 11.5 Å². The number of nitrogens with zero attached hydrogens (tertiary/aromatic N) is 5. The Kier molecular flexibility index (Phi) is 3.30. The van der Waals surface area contributed by atoms with E-state index in [-0.39, 0.29) is 17.6 Å². The quantitative estimate of drug-likeness (QED) is 0.761. The van der Waals surface area contributed by atoms with Crippen molar-refractivity contribution in [2.75, 3.05) is 18.5 Å². The molecule has 2 atom stereocenters. The molecule has 0 aromatic carbocycles. The summed E-state index contributed by atoms with van der Waals surface area (Å²) in [6, 6.07) is 5.33. The molecule has 0 radical (unpaired) electrons. The SMILES string of the molecule is O=c1cc2c(nn1C1COCC1Nc1ccc3nccn3n1)CCC2. The van der Waals surface area contributed by atoms with E-state index in [0.717, 1.165) is 42.0 Å². The van der Waals surface area contributed by atoms with Gasteiger partial charge in [0.05, 0.1) is 24.9 Å². The minimum Gasteiger partial charge on any atom is -0.377 e. The molecule has 0 bridgehead atoms. The highest BCUT2D eigenvalue weighted by Crippen LogP contribution is 2.23. The summed E-state index contributed by atoms with van der Waals surface area (Å²) in [4.78, 5) is 16.7. The first-order valence-corrected chi connectivity index (χ1v) is 8.54. The first kappa shape index (κ1) is 14.6. The molecule has 5 rings (SSSR count). The Labute approximate surface area is 143 Å².